The topological polar surface area (TPSA) is 60.0 Å². The quantitative estimate of drug-likeness (QED) is 0.820. The zero-order valence-electron chi connectivity index (χ0n) is 13.6. The first-order chi connectivity index (χ1) is 11.0. The van der Waals surface area contributed by atoms with Gasteiger partial charge in [0.1, 0.15) is 0 Å². The van der Waals surface area contributed by atoms with Crippen molar-refractivity contribution < 1.29 is 4.74 Å². The molecule has 0 N–H and O–H groups in total. The molecule has 5 heteroatoms. The molecule has 2 rings (SSSR count). The molecule has 1 aliphatic rings. The van der Waals surface area contributed by atoms with E-state index in [1.807, 2.05) is 24.3 Å². The van der Waals surface area contributed by atoms with Gasteiger partial charge >= 0.3 is 0 Å². The molecule has 2 atom stereocenters. The van der Waals surface area contributed by atoms with Gasteiger partial charge in [0.2, 0.25) is 0 Å². The van der Waals surface area contributed by atoms with Gasteiger partial charge in [-0.15, -0.1) is 0 Å². The van der Waals surface area contributed by atoms with Crippen LogP contribution >= 0.6 is 11.6 Å². The Morgan fingerprint density at radius 3 is 2.78 bits per heavy atom. The minimum Gasteiger partial charge on any atom is -0.370 e. The number of halogens is 1. The van der Waals surface area contributed by atoms with Gasteiger partial charge in [0.25, 0.3) is 0 Å². The Morgan fingerprint density at radius 2 is 2.13 bits per heavy atom. The van der Waals surface area contributed by atoms with E-state index in [-0.39, 0.29) is 17.6 Å². The van der Waals surface area contributed by atoms with Crippen LogP contribution in [0.25, 0.3) is 0 Å². The second-order valence-corrected chi connectivity index (χ2v) is 6.97. The number of rotatable bonds is 5. The Labute approximate surface area is 143 Å². The summed E-state index contributed by atoms with van der Waals surface area (Å²) in [4.78, 5) is 2.29. The van der Waals surface area contributed by atoms with E-state index in [2.05, 4.69) is 30.9 Å². The Balaban J connectivity index is 2.12. The van der Waals surface area contributed by atoms with Gasteiger partial charge in [-0.3, -0.25) is 4.90 Å². The molecule has 23 heavy (non-hydrogen) atoms. The fourth-order valence-electron chi connectivity index (χ4n) is 2.84. The van der Waals surface area contributed by atoms with Crippen molar-refractivity contribution in [2.45, 2.75) is 38.3 Å². The molecule has 122 valence electrons. The average Bonchev–Trinajstić information content (AvgIpc) is 2.53. The molecule has 1 aromatic rings. The number of hydrogen-bond donors (Lipinski definition) is 0. The summed E-state index contributed by atoms with van der Waals surface area (Å²) in [6.07, 6.45) is 0.931. The van der Waals surface area contributed by atoms with E-state index in [4.69, 9.17) is 21.6 Å². The molecule has 1 saturated heterocycles. The zero-order chi connectivity index (χ0) is 16.9. The van der Waals surface area contributed by atoms with Crippen LogP contribution < -0.4 is 0 Å². The predicted octanol–water partition coefficient (Wildman–Crippen LogP) is 3.94. The lowest BCUT2D eigenvalue weighted by Crippen LogP contribution is -2.55. The maximum atomic E-state index is 9.34. The SMILES string of the molecule is CC1(C)CO[C@H](c2ccccc2Cl)CN1C[C@@H](C#N)CCC#N. The number of nitrogens with zero attached hydrogens (tertiary/aromatic N) is 3. The largest absolute Gasteiger partial charge is 0.370 e. The standard InChI is InChI=1S/C18H22ClN3O/c1-18(2)13-23-17(15-7-3-4-8-16(15)19)12-22(18)11-14(10-21)6-5-9-20/h3-4,7-8,14,17H,5-6,11-13H2,1-2H3/t14-,17+/m1/s1. The van der Waals surface area contributed by atoms with E-state index < -0.39 is 0 Å². The van der Waals surface area contributed by atoms with Crippen LogP contribution in [-0.2, 0) is 4.74 Å². The van der Waals surface area contributed by atoms with E-state index in [1.165, 1.54) is 0 Å². The van der Waals surface area contributed by atoms with Gasteiger partial charge in [0, 0.05) is 35.6 Å². The smallest absolute Gasteiger partial charge is 0.0967 e. The summed E-state index contributed by atoms with van der Waals surface area (Å²) in [7, 11) is 0. The maximum Gasteiger partial charge on any atom is 0.0967 e. The highest BCUT2D eigenvalue weighted by Gasteiger charge is 2.37. The molecular formula is C18H22ClN3O. The number of benzene rings is 1. The second-order valence-electron chi connectivity index (χ2n) is 6.56. The molecule has 4 nitrogen and oxygen atoms in total. The van der Waals surface area contributed by atoms with Crippen LogP contribution in [0.3, 0.4) is 0 Å². The summed E-state index contributed by atoms with van der Waals surface area (Å²) in [5, 5.41) is 18.8. The summed E-state index contributed by atoms with van der Waals surface area (Å²) < 4.78 is 6.03. The van der Waals surface area contributed by atoms with Gasteiger partial charge in [0.05, 0.1) is 30.8 Å². The third kappa shape index (κ3) is 4.45. The van der Waals surface area contributed by atoms with E-state index in [9.17, 15) is 5.26 Å². The van der Waals surface area contributed by atoms with Crippen molar-refractivity contribution in [1.29, 1.82) is 10.5 Å². The van der Waals surface area contributed by atoms with E-state index >= 15 is 0 Å². The van der Waals surface area contributed by atoms with Crippen molar-refractivity contribution in [1.82, 2.24) is 4.90 Å². The zero-order valence-corrected chi connectivity index (χ0v) is 14.4. The number of morpholine rings is 1. The Hall–Kier alpha value is -1.59. The number of ether oxygens (including phenoxy) is 1. The molecule has 0 saturated carbocycles. The van der Waals surface area contributed by atoms with Crippen molar-refractivity contribution in [3.05, 3.63) is 34.9 Å². The highest BCUT2D eigenvalue weighted by molar-refractivity contribution is 6.31. The van der Waals surface area contributed by atoms with Crippen molar-refractivity contribution in [3.8, 4) is 12.1 Å². The molecule has 0 amide bonds. The molecule has 0 aromatic heterocycles. The van der Waals surface area contributed by atoms with Crippen LogP contribution in [0, 0.1) is 28.6 Å². The first-order valence-electron chi connectivity index (χ1n) is 7.85. The fourth-order valence-corrected chi connectivity index (χ4v) is 3.10. The van der Waals surface area contributed by atoms with Crippen LogP contribution in [0.1, 0.15) is 38.4 Å². The van der Waals surface area contributed by atoms with Crippen molar-refractivity contribution in [2.75, 3.05) is 19.7 Å². The Kier molecular flexibility index (Phi) is 6.02. The molecule has 1 aromatic carbocycles. The van der Waals surface area contributed by atoms with Gasteiger partial charge in [-0.25, -0.2) is 0 Å². The predicted molar refractivity (Wildman–Crippen MR) is 89.7 cm³/mol. The summed E-state index contributed by atoms with van der Waals surface area (Å²) in [6.45, 7) is 6.17. The van der Waals surface area contributed by atoms with Crippen LogP contribution in [0.5, 0.6) is 0 Å². The molecule has 0 spiro atoms. The highest BCUT2D eigenvalue weighted by atomic mass is 35.5. The summed E-state index contributed by atoms with van der Waals surface area (Å²) in [5.41, 5.74) is 0.847. The third-order valence-corrected chi connectivity index (χ3v) is 4.70. The van der Waals surface area contributed by atoms with Crippen LogP contribution in [0.4, 0.5) is 0 Å². The van der Waals surface area contributed by atoms with Crippen LogP contribution in [-0.4, -0.2) is 30.1 Å². The molecule has 0 radical (unpaired) electrons. The van der Waals surface area contributed by atoms with Crippen LogP contribution in [0.15, 0.2) is 24.3 Å². The molecule has 1 heterocycles. The maximum absolute atomic E-state index is 9.34. The van der Waals surface area contributed by atoms with Crippen LogP contribution in [0.2, 0.25) is 5.02 Å². The Bertz CT molecular complexity index is 617. The Morgan fingerprint density at radius 1 is 1.39 bits per heavy atom. The van der Waals surface area contributed by atoms with Gasteiger partial charge in [-0.1, -0.05) is 29.8 Å². The second kappa shape index (κ2) is 7.79. The van der Waals surface area contributed by atoms with Gasteiger partial charge in [-0.2, -0.15) is 10.5 Å². The minimum absolute atomic E-state index is 0.0907. The molecular weight excluding hydrogens is 310 g/mol. The number of nitriles is 2. The average molecular weight is 332 g/mol. The van der Waals surface area contributed by atoms with Gasteiger partial charge in [0.15, 0.2) is 0 Å². The summed E-state index contributed by atoms with van der Waals surface area (Å²) >= 11 is 6.29. The van der Waals surface area contributed by atoms with E-state index in [0.29, 0.717) is 37.6 Å². The number of hydrogen-bond acceptors (Lipinski definition) is 4. The molecule has 1 aliphatic heterocycles. The molecule has 0 aliphatic carbocycles. The minimum atomic E-state index is -0.140. The lowest BCUT2D eigenvalue weighted by molar-refractivity contribution is -0.103. The summed E-state index contributed by atoms with van der Waals surface area (Å²) in [5.74, 6) is -0.140. The molecule has 0 bridgehead atoms. The lowest BCUT2D eigenvalue weighted by atomic mass is 9.95. The third-order valence-electron chi connectivity index (χ3n) is 4.36. The van der Waals surface area contributed by atoms with E-state index in [0.717, 1.165) is 5.56 Å². The van der Waals surface area contributed by atoms with Crippen molar-refractivity contribution in [3.63, 3.8) is 0 Å². The fraction of sp³-hybridized carbons (Fsp3) is 0.556. The van der Waals surface area contributed by atoms with Crippen molar-refractivity contribution in [2.24, 2.45) is 5.92 Å². The van der Waals surface area contributed by atoms with Gasteiger partial charge in [-0.05, 0) is 26.3 Å². The lowest BCUT2D eigenvalue weighted by Gasteiger charge is -2.46. The van der Waals surface area contributed by atoms with E-state index in [1.54, 1.807) is 0 Å². The van der Waals surface area contributed by atoms with Gasteiger partial charge < -0.3 is 4.74 Å². The normalized spacial score (nSPS) is 22.0. The molecule has 0 unspecified atom stereocenters. The first kappa shape index (κ1) is 17.8. The molecule has 1 fully saturated rings. The first-order valence-corrected chi connectivity index (χ1v) is 8.23. The monoisotopic (exact) mass is 331 g/mol. The summed E-state index contributed by atoms with van der Waals surface area (Å²) in [6, 6.07) is 12.2. The highest BCUT2D eigenvalue weighted by Crippen LogP contribution is 2.34. The van der Waals surface area contributed by atoms with Crippen molar-refractivity contribution >= 4 is 11.6 Å².